The van der Waals surface area contributed by atoms with Gasteiger partial charge in [0.25, 0.3) is 11.5 Å². The fraction of sp³-hybridized carbons (Fsp3) is 0.0833. The van der Waals surface area contributed by atoms with Gasteiger partial charge in [-0.25, -0.2) is 10.1 Å². The van der Waals surface area contributed by atoms with Crippen LogP contribution in [0.2, 0.25) is 0 Å². The highest BCUT2D eigenvalue weighted by atomic mass is 16.5. The van der Waals surface area contributed by atoms with Gasteiger partial charge in [-0.1, -0.05) is 18.2 Å². The highest BCUT2D eigenvalue weighted by Crippen LogP contribution is 2.24. The first-order chi connectivity index (χ1) is 15.6. The van der Waals surface area contributed by atoms with E-state index in [9.17, 15) is 9.59 Å². The molecule has 0 unspecified atom stereocenters. The van der Waals surface area contributed by atoms with Crippen LogP contribution in [-0.2, 0) is 0 Å². The van der Waals surface area contributed by atoms with E-state index in [-0.39, 0.29) is 5.56 Å². The molecule has 0 bridgehead atoms. The number of methoxy groups -OCH3 is 1. The fourth-order valence-electron chi connectivity index (χ4n) is 3.25. The summed E-state index contributed by atoms with van der Waals surface area (Å²) in [5, 5.41) is 7.37. The van der Waals surface area contributed by atoms with Crippen LogP contribution in [0.5, 0.6) is 5.75 Å². The number of aromatic nitrogens is 3. The van der Waals surface area contributed by atoms with Crippen molar-refractivity contribution in [2.24, 2.45) is 5.10 Å². The van der Waals surface area contributed by atoms with Gasteiger partial charge >= 0.3 is 0 Å². The molecule has 0 aliphatic carbocycles. The number of hydrogen-bond donors (Lipinski definition) is 2. The Morgan fingerprint density at radius 2 is 1.81 bits per heavy atom. The number of nitrogens with zero attached hydrogens (tertiary/aromatic N) is 3. The van der Waals surface area contributed by atoms with Gasteiger partial charge in [-0.2, -0.15) is 5.10 Å². The number of ether oxygens (including phenoxy) is 1. The summed E-state index contributed by atoms with van der Waals surface area (Å²) in [5.74, 6) is 0.289. The van der Waals surface area contributed by atoms with E-state index in [0.29, 0.717) is 34.0 Å². The normalized spacial score (nSPS) is 11.2. The highest BCUT2D eigenvalue weighted by molar-refractivity contribution is 6.04. The van der Waals surface area contributed by atoms with Crippen molar-refractivity contribution >= 4 is 11.6 Å². The molecule has 0 fully saturated rings. The zero-order chi connectivity index (χ0) is 22.5. The van der Waals surface area contributed by atoms with Gasteiger partial charge in [0, 0.05) is 18.0 Å². The summed E-state index contributed by atoms with van der Waals surface area (Å²) in [7, 11) is 1.59. The summed E-state index contributed by atoms with van der Waals surface area (Å²) in [6, 6.07) is 19.9. The summed E-state index contributed by atoms with van der Waals surface area (Å²) in [4.78, 5) is 29.6. The quantitative estimate of drug-likeness (QED) is 0.364. The van der Waals surface area contributed by atoms with Crippen molar-refractivity contribution in [2.75, 3.05) is 7.11 Å². The number of nitrogens with one attached hydrogen (secondary N) is 2. The second-order valence-corrected chi connectivity index (χ2v) is 6.95. The first kappa shape index (κ1) is 20.8. The van der Waals surface area contributed by atoms with E-state index in [2.05, 4.69) is 20.6 Å². The van der Waals surface area contributed by atoms with Gasteiger partial charge in [0.15, 0.2) is 0 Å². The summed E-state index contributed by atoms with van der Waals surface area (Å²) in [6.07, 6.45) is 3.03. The number of rotatable bonds is 6. The number of benzene rings is 2. The number of para-hydroxylation sites is 1. The third-order valence-corrected chi connectivity index (χ3v) is 4.89. The van der Waals surface area contributed by atoms with Crippen molar-refractivity contribution in [3.8, 4) is 22.7 Å². The van der Waals surface area contributed by atoms with Crippen molar-refractivity contribution in [2.45, 2.75) is 6.92 Å². The monoisotopic (exact) mass is 427 g/mol. The molecule has 4 aromatic rings. The first-order valence-electron chi connectivity index (χ1n) is 9.88. The van der Waals surface area contributed by atoms with E-state index in [4.69, 9.17) is 4.74 Å². The highest BCUT2D eigenvalue weighted by Gasteiger charge is 2.20. The third-order valence-electron chi connectivity index (χ3n) is 4.89. The molecule has 160 valence electrons. The summed E-state index contributed by atoms with van der Waals surface area (Å²) in [6.45, 7) is 1.68. The average molecular weight is 427 g/mol. The Bertz CT molecular complexity index is 1310. The number of hydrazone groups is 1. The molecule has 0 atom stereocenters. The SMILES string of the molecule is COc1ccc(-c2[nH]n(-c3ccccc3)c(=O)c2/C(C)=N/NC(=O)c2cccnc2)cc1. The van der Waals surface area contributed by atoms with Crippen LogP contribution in [0.4, 0.5) is 0 Å². The van der Waals surface area contributed by atoms with Crippen LogP contribution < -0.4 is 15.7 Å². The summed E-state index contributed by atoms with van der Waals surface area (Å²) >= 11 is 0. The van der Waals surface area contributed by atoms with Crippen LogP contribution in [0.15, 0.2) is 89.0 Å². The Balaban J connectivity index is 1.77. The Morgan fingerprint density at radius 3 is 2.47 bits per heavy atom. The molecule has 2 aromatic carbocycles. The van der Waals surface area contributed by atoms with Gasteiger partial charge < -0.3 is 4.74 Å². The van der Waals surface area contributed by atoms with Crippen LogP contribution in [-0.4, -0.2) is 33.5 Å². The van der Waals surface area contributed by atoms with Crippen LogP contribution >= 0.6 is 0 Å². The lowest BCUT2D eigenvalue weighted by molar-refractivity contribution is 0.0954. The van der Waals surface area contributed by atoms with Gasteiger partial charge in [-0.15, -0.1) is 0 Å². The standard InChI is InChI=1S/C24H21N5O3/c1-16(26-27-23(30)18-7-6-14-25-15-18)21-22(17-10-12-20(32-2)13-11-17)28-29(24(21)31)19-8-4-3-5-9-19/h3-15,28H,1-2H3,(H,27,30)/b26-16+. The maximum atomic E-state index is 13.3. The fourth-order valence-corrected chi connectivity index (χ4v) is 3.25. The number of aromatic amines is 1. The number of hydrogen-bond acceptors (Lipinski definition) is 5. The summed E-state index contributed by atoms with van der Waals surface area (Å²) < 4.78 is 6.69. The Kier molecular flexibility index (Phi) is 5.94. The lowest BCUT2D eigenvalue weighted by Gasteiger charge is -2.05. The zero-order valence-electron chi connectivity index (χ0n) is 17.6. The second-order valence-electron chi connectivity index (χ2n) is 6.95. The second kappa shape index (κ2) is 9.13. The van der Waals surface area contributed by atoms with Gasteiger partial charge in [-0.05, 0) is 55.5 Å². The largest absolute Gasteiger partial charge is 0.497 e. The van der Waals surface area contributed by atoms with Gasteiger partial charge in [0.2, 0.25) is 0 Å². The van der Waals surface area contributed by atoms with Crippen LogP contribution in [0.1, 0.15) is 22.8 Å². The Labute approximate surface area is 184 Å². The molecule has 8 heteroatoms. The molecule has 1 amide bonds. The number of carbonyl (C=O) groups excluding carboxylic acids is 1. The van der Waals surface area contributed by atoms with Crippen molar-refractivity contribution in [1.82, 2.24) is 20.2 Å². The summed E-state index contributed by atoms with van der Waals surface area (Å²) in [5.41, 5.74) is 5.35. The van der Waals surface area contributed by atoms with Crippen molar-refractivity contribution in [1.29, 1.82) is 0 Å². The molecular formula is C24H21N5O3. The maximum Gasteiger partial charge on any atom is 0.281 e. The van der Waals surface area contributed by atoms with Crippen molar-refractivity contribution in [3.05, 3.63) is 101 Å². The topological polar surface area (TPSA) is 101 Å². The Hall–Kier alpha value is -4.46. The van der Waals surface area contributed by atoms with Crippen LogP contribution in [0.25, 0.3) is 16.9 Å². The molecule has 0 aliphatic rings. The molecule has 0 radical (unpaired) electrons. The predicted octanol–water partition coefficient (Wildman–Crippen LogP) is 3.39. The third kappa shape index (κ3) is 4.20. The number of carbonyl (C=O) groups is 1. The Morgan fingerprint density at radius 1 is 1.06 bits per heavy atom. The van der Waals surface area contributed by atoms with Gasteiger partial charge in [0.1, 0.15) is 5.75 Å². The van der Waals surface area contributed by atoms with E-state index in [1.165, 1.54) is 10.9 Å². The molecule has 0 aliphatic heterocycles. The van der Waals surface area contributed by atoms with E-state index in [1.807, 2.05) is 54.6 Å². The number of pyridine rings is 1. The molecule has 0 saturated carbocycles. The first-order valence-corrected chi connectivity index (χ1v) is 9.88. The van der Waals surface area contributed by atoms with Crippen LogP contribution in [0.3, 0.4) is 0 Å². The molecule has 0 spiro atoms. The minimum absolute atomic E-state index is 0.279. The van der Waals surface area contributed by atoms with E-state index in [1.54, 1.807) is 32.4 Å². The van der Waals surface area contributed by atoms with Crippen LogP contribution in [0, 0.1) is 0 Å². The smallest absolute Gasteiger partial charge is 0.281 e. The number of H-pyrrole nitrogens is 1. The molecule has 2 N–H and O–H groups in total. The number of amides is 1. The van der Waals surface area contributed by atoms with Gasteiger partial charge in [0.05, 0.1) is 35.3 Å². The van der Waals surface area contributed by atoms with Crippen molar-refractivity contribution < 1.29 is 9.53 Å². The maximum absolute atomic E-state index is 13.3. The molecule has 32 heavy (non-hydrogen) atoms. The van der Waals surface area contributed by atoms with E-state index < -0.39 is 5.91 Å². The molecule has 0 saturated heterocycles. The minimum Gasteiger partial charge on any atom is -0.497 e. The molecule has 8 nitrogen and oxygen atoms in total. The van der Waals surface area contributed by atoms with Gasteiger partial charge in [-0.3, -0.25) is 19.7 Å². The molecular weight excluding hydrogens is 406 g/mol. The minimum atomic E-state index is -0.414. The van der Waals surface area contributed by atoms with E-state index >= 15 is 0 Å². The molecule has 4 rings (SSSR count). The lowest BCUT2D eigenvalue weighted by Crippen LogP contribution is -2.23. The molecule has 2 heterocycles. The lowest BCUT2D eigenvalue weighted by atomic mass is 10.1. The zero-order valence-corrected chi connectivity index (χ0v) is 17.6. The predicted molar refractivity (Wildman–Crippen MR) is 122 cm³/mol. The van der Waals surface area contributed by atoms with Crippen molar-refractivity contribution in [3.63, 3.8) is 0 Å². The molecule has 2 aromatic heterocycles. The average Bonchev–Trinajstić information content (AvgIpc) is 3.20. The van der Waals surface area contributed by atoms with E-state index in [0.717, 1.165) is 5.56 Å².